The van der Waals surface area contributed by atoms with Crippen LogP contribution >= 0.6 is 22.7 Å². The van der Waals surface area contributed by atoms with Gasteiger partial charge in [0.05, 0.1) is 17.5 Å². The molecule has 0 radical (unpaired) electrons. The van der Waals surface area contributed by atoms with Gasteiger partial charge in [-0.3, -0.25) is 14.4 Å². The first-order valence-corrected chi connectivity index (χ1v) is 13.6. The molecule has 2 aliphatic heterocycles. The molecule has 2 fully saturated rings. The number of thiophene rings is 2. The summed E-state index contributed by atoms with van der Waals surface area (Å²) in [6, 6.07) is 6.94. The molecule has 3 amide bonds. The highest BCUT2D eigenvalue weighted by Crippen LogP contribution is 2.31. The topological polar surface area (TPSA) is 73.0 Å². The minimum atomic E-state index is -0.550. The molecule has 0 aliphatic carbocycles. The zero-order valence-corrected chi connectivity index (χ0v) is 21.8. The second kappa shape index (κ2) is 10.6. The van der Waals surface area contributed by atoms with E-state index in [0.717, 1.165) is 18.0 Å². The largest absolute Gasteiger partial charge is 0.338 e. The molecule has 2 aromatic heterocycles. The van der Waals surface area contributed by atoms with E-state index in [1.165, 1.54) is 11.3 Å². The van der Waals surface area contributed by atoms with Crippen LogP contribution in [0.1, 0.15) is 48.2 Å². The summed E-state index contributed by atoms with van der Waals surface area (Å²) in [6.07, 6.45) is 0.894. The summed E-state index contributed by atoms with van der Waals surface area (Å²) >= 11 is 3.02. The summed E-state index contributed by atoms with van der Waals surface area (Å²) in [5, 5.41) is 7.17. The molecule has 1 N–H and O–H groups in total. The molecule has 2 aliphatic rings. The van der Waals surface area contributed by atoms with E-state index in [9.17, 15) is 14.4 Å². The molecular formula is C25H34N4O3S2. The predicted octanol–water partition coefficient (Wildman–Crippen LogP) is 3.29. The van der Waals surface area contributed by atoms with Crippen LogP contribution in [0.3, 0.4) is 0 Å². The van der Waals surface area contributed by atoms with Gasteiger partial charge in [0.15, 0.2) is 0 Å². The van der Waals surface area contributed by atoms with Crippen LogP contribution in [-0.2, 0) is 16.1 Å². The van der Waals surface area contributed by atoms with Gasteiger partial charge in [-0.15, -0.1) is 22.7 Å². The molecule has 4 heterocycles. The number of nitrogens with zero attached hydrogens (tertiary/aromatic N) is 3. The Balaban J connectivity index is 1.61. The number of carbonyl (C=O) groups is 3. The Hall–Kier alpha value is -2.23. The molecule has 2 atom stereocenters. The van der Waals surface area contributed by atoms with Gasteiger partial charge < -0.3 is 20.0 Å². The first kappa shape index (κ1) is 24.9. The van der Waals surface area contributed by atoms with Crippen molar-refractivity contribution in [3.05, 3.63) is 44.8 Å². The zero-order valence-electron chi connectivity index (χ0n) is 20.2. The second-order valence-corrected chi connectivity index (χ2v) is 12.2. The van der Waals surface area contributed by atoms with E-state index in [-0.39, 0.29) is 29.2 Å². The maximum atomic E-state index is 13.6. The fourth-order valence-corrected chi connectivity index (χ4v) is 6.06. The fraction of sp³-hybridized carbons (Fsp3) is 0.560. The van der Waals surface area contributed by atoms with Crippen molar-refractivity contribution < 1.29 is 14.4 Å². The summed E-state index contributed by atoms with van der Waals surface area (Å²) in [4.78, 5) is 47.7. The lowest BCUT2D eigenvalue weighted by atomic mass is 9.91. The van der Waals surface area contributed by atoms with Crippen LogP contribution in [0.2, 0.25) is 0 Å². The SMILES string of the molecule is CC(C)(C)CC(=O)N(Cc1cccs1)C1CC(C(=O)N2CCNCC2)N(C(=O)c2cccs2)C1. The lowest BCUT2D eigenvalue weighted by Crippen LogP contribution is -2.53. The third kappa shape index (κ3) is 5.87. The quantitative estimate of drug-likeness (QED) is 0.658. The highest BCUT2D eigenvalue weighted by atomic mass is 32.1. The average molecular weight is 503 g/mol. The summed E-state index contributed by atoms with van der Waals surface area (Å²) in [7, 11) is 0. The molecule has 2 aromatic rings. The highest BCUT2D eigenvalue weighted by Gasteiger charge is 2.45. The van der Waals surface area contributed by atoms with Gasteiger partial charge in [0.25, 0.3) is 5.91 Å². The van der Waals surface area contributed by atoms with Crippen molar-refractivity contribution >= 4 is 40.4 Å². The Kier molecular flexibility index (Phi) is 7.74. The normalized spacial score (nSPS) is 21.0. The van der Waals surface area contributed by atoms with Crippen LogP contribution < -0.4 is 5.32 Å². The van der Waals surface area contributed by atoms with Crippen LogP contribution in [0.5, 0.6) is 0 Å². The molecule has 0 saturated carbocycles. The van der Waals surface area contributed by atoms with E-state index < -0.39 is 6.04 Å². The van der Waals surface area contributed by atoms with Crippen LogP contribution in [0.15, 0.2) is 35.0 Å². The van der Waals surface area contributed by atoms with Gasteiger partial charge in [-0.2, -0.15) is 0 Å². The molecule has 34 heavy (non-hydrogen) atoms. The maximum Gasteiger partial charge on any atom is 0.264 e. The molecule has 2 saturated heterocycles. The Bertz CT molecular complexity index is 978. The minimum Gasteiger partial charge on any atom is -0.338 e. The second-order valence-electron chi connectivity index (χ2n) is 10.3. The van der Waals surface area contributed by atoms with E-state index in [2.05, 4.69) is 26.1 Å². The van der Waals surface area contributed by atoms with Crippen molar-refractivity contribution in [1.29, 1.82) is 0 Å². The van der Waals surface area contributed by atoms with E-state index in [1.807, 2.05) is 38.8 Å². The first-order chi connectivity index (χ1) is 16.2. The number of amides is 3. The number of carbonyl (C=O) groups excluding carboxylic acids is 3. The van der Waals surface area contributed by atoms with E-state index in [4.69, 9.17) is 0 Å². The molecule has 7 nitrogen and oxygen atoms in total. The predicted molar refractivity (Wildman–Crippen MR) is 136 cm³/mol. The number of rotatable bonds is 6. The van der Waals surface area contributed by atoms with Crippen LogP contribution in [0, 0.1) is 5.41 Å². The van der Waals surface area contributed by atoms with Crippen LogP contribution in [0.4, 0.5) is 0 Å². The molecule has 0 aromatic carbocycles. The smallest absolute Gasteiger partial charge is 0.264 e. The van der Waals surface area contributed by atoms with Crippen molar-refractivity contribution in [3.63, 3.8) is 0 Å². The standard InChI is InChI=1S/C25H34N4O3S2/c1-25(2,3)15-22(30)28(17-19-6-4-12-33-19)18-14-20(23(31)27-10-8-26-9-11-27)29(16-18)24(32)21-7-5-13-34-21/h4-7,12-13,18,20,26H,8-11,14-17H2,1-3H3. The number of piperazine rings is 1. The Labute approximate surface area is 209 Å². The van der Waals surface area contributed by atoms with Crippen molar-refractivity contribution in [2.75, 3.05) is 32.7 Å². The van der Waals surface area contributed by atoms with Gasteiger partial charge in [-0.05, 0) is 34.7 Å². The van der Waals surface area contributed by atoms with Gasteiger partial charge in [0, 0.05) is 44.0 Å². The van der Waals surface area contributed by atoms with Crippen molar-refractivity contribution in [2.45, 2.75) is 52.2 Å². The summed E-state index contributed by atoms with van der Waals surface area (Å²) in [5.41, 5.74) is -0.147. The monoisotopic (exact) mass is 502 g/mol. The molecule has 0 bridgehead atoms. The van der Waals surface area contributed by atoms with Gasteiger partial charge in [0.1, 0.15) is 6.04 Å². The van der Waals surface area contributed by atoms with Crippen molar-refractivity contribution in [2.24, 2.45) is 5.41 Å². The third-order valence-electron chi connectivity index (χ3n) is 6.33. The van der Waals surface area contributed by atoms with Gasteiger partial charge in [-0.25, -0.2) is 0 Å². The Morgan fingerprint density at radius 1 is 1.09 bits per heavy atom. The summed E-state index contributed by atoms with van der Waals surface area (Å²) in [5.74, 6) is -0.0525. The first-order valence-electron chi connectivity index (χ1n) is 11.9. The zero-order chi connectivity index (χ0) is 24.3. The van der Waals surface area contributed by atoms with Crippen LogP contribution in [0.25, 0.3) is 0 Å². The van der Waals surface area contributed by atoms with Gasteiger partial charge in [0.2, 0.25) is 11.8 Å². The third-order valence-corrected chi connectivity index (χ3v) is 8.05. The highest BCUT2D eigenvalue weighted by molar-refractivity contribution is 7.12. The average Bonchev–Trinajstić information content (AvgIpc) is 3.57. The van der Waals surface area contributed by atoms with Gasteiger partial charge in [-0.1, -0.05) is 32.9 Å². The molecular weight excluding hydrogens is 468 g/mol. The van der Waals surface area contributed by atoms with Gasteiger partial charge >= 0.3 is 0 Å². The Morgan fingerprint density at radius 3 is 2.41 bits per heavy atom. The summed E-state index contributed by atoms with van der Waals surface area (Å²) < 4.78 is 0. The van der Waals surface area contributed by atoms with Crippen molar-refractivity contribution in [3.8, 4) is 0 Å². The van der Waals surface area contributed by atoms with E-state index in [1.54, 1.807) is 22.3 Å². The maximum absolute atomic E-state index is 13.6. The number of nitrogens with one attached hydrogen (secondary N) is 1. The molecule has 4 rings (SSSR count). The van der Waals surface area contributed by atoms with E-state index in [0.29, 0.717) is 43.9 Å². The minimum absolute atomic E-state index is 0.00625. The molecule has 2 unspecified atom stereocenters. The molecule has 0 spiro atoms. The molecule has 9 heteroatoms. The number of hydrogen-bond acceptors (Lipinski definition) is 6. The Morgan fingerprint density at radius 2 is 1.79 bits per heavy atom. The van der Waals surface area contributed by atoms with Crippen molar-refractivity contribution in [1.82, 2.24) is 20.0 Å². The van der Waals surface area contributed by atoms with E-state index >= 15 is 0 Å². The summed E-state index contributed by atoms with van der Waals surface area (Å²) in [6.45, 7) is 9.87. The number of hydrogen-bond donors (Lipinski definition) is 1. The lowest BCUT2D eigenvalue weighted by molar-refractivity contribution is -0.137. The number of likely N-dealkylation sites (tertiary alicyclic amines) is 1. The fourth-order valence-electron chi connectivity index (χ4n) is 4.68. The molecule has 184 valence electrons. The lowest BCUT2D eigenvalue weighted by Gasteiger charge is -2.32. The van der Waals surface area contributed by atoms with Crippen LogP contribution in [-0.4, -0.2) is 77.2 Å².